The summed E-state index contributed by atoms with van der Waals surface area (Å²) < 4.78 is 5.23. The number of nitrogens with zero attached hydrogens (tertiary/aromatic N) is 1. The zero-order valence-electron chi connectivity index (χ0n) is 14.1. The number of carbonyl (C=O) groups is 3. The zero-order chi connectivity index (χ0) is 17.6. The molecular formula is C17H24N4O4. The summed E-state index contributed by atoms with van der Waals surface area (Å²) in [7, 11) is 0. The highest BCUT2D eigenvalue weighted by Gasteiger charge is 2.34. The lowest BCUT2D eigenvalue weighted by Gasteiger charge is -2.23. The van der Waals surface area contributed by atoms with Gasteiger partial charge in [-0.05, 0) is 25.0 Å². The number of amides is 4. The van der Waals surface area contributed by atoms with E-state index in [1.807, 2.05) is 0 Å². The molecule has 1 aliphatic heterocycles. The molecule has 3 N–H and O–H groups in total. The van der Waals surface area contributed by atoms with Crippen LogP contribution in [-0.2, 0) is 16.1 Å². The topological polar surface area (TPSA) is 104 Å². The lowest BCUT2D eigenvalue weighted by molar-refractivity contribution is -0.129. The van der Waals surface area contributed by atoms with Crippen LogP contribution in [0, 0.1) is 5.92 Å². The lowest BCUT2D eigenvalue weighted by Crippen LogP contribution is -2.51. The minimum atomic E-state index is -0.475. The third-order valence-electron chi connectivity index (χ3n) is 4.75. The maximum absolute atomic E-state index is 12.2. The summed E-state index contributed by atoms with van der Waals surface area (Å²) in [5.74, 6) is -0.242. The van der Waals surface area contributed by atoms with Crippen molar-refractivity contribution in [3.8, 4) is 0 Å². The minimum absolute atomic E-state index is 0.0943. The van der Waals surface area contributed by atoms with E-state index in [1.54, 1.807) is 23.3 Å². The first-order valence-corrected chi connectivity index (χ1v) is 8.78. The molecule has 1 saturated carbocycles. The SMILES string of the molecule is O=C(NNC(=O)[C@@H]1CC(=O)N(Cc2ccco2)C1)NC1CCCCC1. The van der Waals surface area contributed by atoms with Crippen LogP contribution in [0.5, 0.6) is 0 Å². The summed E-state index contributed by atoms with van der Waals surface area (Å²) in [5, 5.41) is 2.86. The molecule has 1 atom stereocenters. The highest BCUT2D eigenvalue weighted by Crippen LogP contribution is 2.20. The van der Waals surface area contributed by atoms with E-state index in [0.29, 0.717) is 18.8 Å². The Hall–Kier alpha value is -2.51. The summed E-state index contributed by atoms with van der Waals surface area (Å²) in [4.78, 5) is 37.6. The fourth-order valence-corrected chi connectivity index (χ4v) is 3.38. The Morgan fingerprint density at radius 3 is 2.72 bits per heavy atom. The van der Waals surface area contributed by atoms with Gasteiger partial charge in [0, 0.05) is 19.0 Å². The van der Waals surface area contributed by atoms with E-state index in [-0.39, 0.29) is 24.3 Å². The number of hydrazine groups is 1. The third-order valence-corrected chi connectivity index (χ3v) is 4.75. The van der Waals surface area contributed by atoms with Gasteiger partial charge in [-0.15, -0.1) is 0 Å². The molecule has 0 radical (unpaired) electrons. The number of hydrogen-bond acceptors (Lipinski definition) is 4. The molecule has 1 saturated heterocycles. The Kier molecular flexibility index (Phi) is 5.57. The van der Waals surface area contributed by atoms with Crippen molar-refractivity contribution in [2.75, 3.05) is 6.54 Å². The van der Waals surface area contributed by atoms with E-state index >= 15 is 0 Å². The highest BCUT2D eigenvalue weighted by molar-refractivity contribution is 5.90. The Morgan fingerprint density at radius 1 is 1.20 bits per heavy atom. The first kappa shape index (κ1) is 17.3. The molecule has 2 heterocycles. The summed E-state index contributed by atoms with van der Waals surface area (Å²) >= 11 is 0. The Bertz CT molecular complexity index is 610. The van der Waals surface area contributed by atoms with Crippen LogP contribution in [0.4, 0.5) is 4.79 Å². The molecule has 136 valence electrons. The Labute approximate surface area is 146 Å². The predicted octanol–water partition coefficient (Wildman–Crippen LogP) is 1.29. The van der Waals surface area contributed by atoms with Gasteiger partial charge in [0.2, 0.25) is 11.8 Å². The van der Waals surface area contributed by atoms with Crippen molar-refractivity contribution in [1.29, 1.82) is 0 Å². The van der Waals surface area contributed by atoms with E-state index in [4.69, 9.17) is 4.42 Å². The van der Waals surface area contributed by atoms with Gasteiger partial charge in [-0.25, -0.2) is 10.2 Å². The number of likely N-dealkylation sites (tertiary alicyclic amines) is 1. The molecule has 8 nitrogen and oxygen atoms in total. The third kappa shape index (κ3) is 4.74. The molecule has 0 aromatic carbocycles. The molecule has 3 rings (SSSR count). The van der Waals surface area contributed by atoms with Gasteiger partial charge in [0.15, 0.2) is 0 Å². The maximum atomic E-state index is 12.2. The van der Waals surface area contributed by atoms with E-state index in [2.05, 4.69) is 16.2 Å². The zero-order valence-corrected chi connectivity index (χ0v) is 14.1. The van der Waals surface area contributed by atoms with Gasteiger partial charge in [-0.2, -0.15) is 0 Å². The van der Waals surface area contributed by atoms with Crippen molar-refractivity contribution < 1.29 is 18.8 Å². The minimum Gasteiger partial charge on any atom is -0.467 e. The van der Waals surface area contributed by atoms with Crippen LogP contribution in [0.3, 0.4) is 0 Å². The molecule has 0 spiro atoms. The van der Waals surface area contributed by atoms with Crippen LogP contribution in [0.25, 0.3) is 0 Å². The average molecular weight is 348 g/mol. The smallest absolute Gasteiger partial charge is 0.333 e. The highest BCUT2D eigenvalue weighted by atomic mass is 16.3. The molecule has 1 aromatic heterocycles. The second-order valence-electron chi connectivity index (χ2n) is 6.68. The molecule has 0 bridgehead atoms. The second kappa shape index (κ2) is 8.04. The van der Waals surface area contributed by atoms with Crippen LogP contribution in [0.2, 0.25) is 0 Å². The van der Waals surface area contributed by atoms with Gasteiger partial charge in [-0.1, -0.05) is 19.3 Å². The Balaban J connectivity index is 1.40. The van der Waals surface area contributed by atoms with Crippen molar-refractivity contribution in [2.45, 2.75) is 51.1 Å². The van der Waals surface area contributed by atoms with Crippen LogP contribution < -0.4 is 16.2 Å². The quantitative estimate of drug-likeness (QED) is 0.713. The maximum Gasteiger partial charge on any atom is 0.333 e. The van der Waals surface area contributed by atoms with E-state index < -0.39 is 11.9 Å². The number of rotatable bonds is 4. The van der Waals surface area contributed by atoms with E-state index in [1.165, 1.54) is 6.42 Å². The molecule has 1 aliphatic carbocycles. The van der Waals surface area contributed by atoms with Gasteiger partial charge in [0.25, 0.3) is 0 Å². The first-order valence-electron chi connectivity index (χ1n) is 8.78. The summed E-state index contributed by atoms with van der Waals surface area (Å²) in [6.07, 6.45) is 7.08. The molecule has 2 aliphatic rings. The van der Waals surface area contributed by atoms with E-state index in [0.717, 1.165) is 25.7 Å². The van der Waals surface area contributed by atoms with Gasteiger partial charge < -0.3 is 14.6 Å². The summed E-state index contributed by atoms with van der Waals surface area (Å²) in [6, 6.07) is 3.31. The van der Waals surface area contributed by atoms with Crippen molar-refractivity contribution >= 4 is 17.8 Å². The van der Waals surface area contributed by atoms with Crippen LogP contribution in [-0.4, -0.2) is 35.3 Å². The van der Waals surface area contributed by atoms with Crippen LogP contribution in [0.15, 0.2) is 22.8 Å². The largest absolute Gasteiger partial charge is 0.467 e. The number of nitrogens with one attached hydrogen (secondary N) is 3. The van der Waals surface area contributed by atoms with Gasteiger partial charge >= 0.3 is 6.03 Å². The molecule has 4 amide bonds. The Morgan fingerprint density at radius 2 is 2.00 bits per heavy atom. The lowest BCUT2D eigenvalue weighted by atomic mass is 9.96. The van der Waals surface area contributed by atoms with Crippen molar-refractivity contribution in [3.63, 3.8) is 0 Å². The number of hydrogen-bond donors (Lipinski definition) is 3. The number of furan rings is 1. The fraction of sp³-hybridized carbons (Fsp3) is 0.588. The standard InChI is InChI=1S/C17H24N4O4/c22-15-9-12(10-21(15)11-14-7-4-8-25-14)16(23)19-20-17(24)18-13-5-2-1-3-6-13/h4,7-8,12-13H,1-3,5-6,9-11H2,(H,19,23)(H2,18,20,24)/t12-/m1/s1. The fourth-order valence-electron chi connectivity index (χ4n) is 3.38. The predicted molar refractivity (Wildman–Crippen MR) is 88.9 cm³/mol. The molecule has 2 fully saturated rings. The molecule has 25 heavy (non-hydrogen) atoms. The van der Waals surface area contributed by atoms with Crippen molar-refractivity contribution in [1.82, 2.24) is 21.1 Å². The van der Waals surface area contributed by atoms with Crippen molar-refractivity contribution in [2.24, 2.45) is 5.92 Å². The van der Waals surface area contributed by atoms with Gasteiger partial charge in [0.05, 0.1) is 18.7 Å². The second-order valence-corrected chi connectivity index (χ2v) is 6.68. The first-order chi connectivity index (χ1) is 12.1. The summed E-state index contributed by atoms with van der Waals surface area (Å²) in [6.45, 7) is 0.669. The van der Waals surface area contributed by atoms with Crippen molar-refractivity contribution in [3.05, 3.63) is 24.2 Å². The molecule has 1 aromatic rings. The average Bonchev–Trinajstić information content (AvgIpc) is 3.24. The summed E-state index contributed by atoms with van der Waals surface area (Å²) in [5.41, 5.74) is 4.79. The van der Waals surface area contributed by atoms with Crippen LogP contribution in [0.1, 0.15) is 44.3 Å². The van der Waals surface area contributed by atoms with Crippen LogP contribution >= 0.6 is 0 Å². The number of carbonyl (C=O) groups excluding carboxylic acids is 3. The number of urea groups is 1. The molecule has 8 heteroatoms. The molecule has 0 unspecified atom stereocenters. The monoisotopic (exact) mass is 348 g/mol. The normalized spacial score (nSPS) is 21.2. The van der Waals surface area contributed by atoms with Gasteiger partial charge in [-0.3, -0.25) is 15.0 Å². The van der Waals surface area contributed by atoms with Gasteiger partial charge in [0.1, 0.15) is 5.76 Å². The molecular weight excluding hydrogens is 324 g/mol. The van der Waals surface area contributed by atoms with E-state index in [9.17, 15) is 14.4 Å².